The second-order valence-electron chi connectivity index (χ2n) is 4.84. The number of benzene rings is 1. The summed E-state index contributed by atoms with van der Waals surface area (Å²) in [6, 6.07) is 4.31. The van der Waals surface area contributed by atoms with Crippen LogP contribution in [0.15, 0.2) is 42.2 Å². The molecule has 0 aliphatic heterocycles. The average molecular weight is 455 g/mol. The molecule has 0 saturated carbocycles. The molecule has 24 heavy (non-hydrogen) atoms. The van der Waals surface area contributed by atoms with Crippen molar-refractivity contribution in [3.05, 3.63) is 57.4 Å². The van der Waals surface area contributed by atoms with Gasteiger partial charge in [0.15, 0.2) is 16.8 Å². The lowest BCUT2D eigenvalue weighted by Crippen LogP contribution is -1.98. The smallest absolute Gasteiger partial charge is 0.234 e. The number of thiazole rings is 1. The van der Waals surface area contributed by atoms with Crippen LogP contribution in [0.1, 0.15) is 0 Å². The lowest BCUT2D eigenvalue weighted by molar-refractivity contribution is 0.589. The van der Waals surface area contributed by atoms with Crippen LogP contribution in [0.5, 0.6) is 0 Å². The number of rotatable bonds is 3. The van der Waals surface area contributed by atoms with E-state index in [1.807, 2.05) is 28.8 Å². The van der Waals surface area contributed by atoms with Gasteiger partial charge in [0.25, 0.3) is 0 Å². The molecule has 0 aliphatic carbocycles. The van der Waals surface area contributed by atoms with Crippen LogP contribution in [0.2, 0.25) is 0 Å². The second kappa shape index (κ2) is 6.06. The molecule has 0 bridgehead atoms. The monoisotopic (exact) mass is 455 g/mol. The zero-order chi connectivity index (χ0) is 16.7. The Hall–Kier alpha value is -2.14. The van der Waals surface area contributed by atoms with Gasteiger partial charge in [-0.25, -0.2) is 23.7 Å². The van der Waals surface area contributed by atoms with Crippen LogP contribution in [0, 0.1) is 15.2 Å². The summed E-state index contributed by atoms with van der Waals surface area (Å²) < 4.78 is 30.2. The summed E-state index contributed by atoms with van der Waals surface area (Å²) in [5, 5.41) is 4.89. The SMILES string of the molecule is Fc1cc(I)cc(F)c1Nc1nc(-c2cnc3ncccn23)cs1. The molecule has 0 unspecified atom stereocenters. The molecule has 0 saturated heterocycles. The highest BCUT2D eigenvalue weighted by Crippen LogP contribution is 2.30. The maximum atomic E-state index is 13.9. The zero-order valence-corrected chi connectivity index (χ0v) is 14.8. The molecule has 0 fully saturated rings. The fourth-order valence-corrected chi connectivity index (χ4v) is 3.49. The molecule has 0 atom stereocenters. The highest BCUT2D eigenvalue weighted by Gasteiger charge is 2.14. The number of nitrogens with zero attached hydrogens (tertiary/aromatic N) is 4. The Morgan fingerprint density at radius 2 is 1.96 bits per heavy atom. The lowest BCUT2D eigenvalue weighted by atomic mass is 10.3. The van der Waals surface area contributed by atoms with Gasteiger partial charge in [0, 0.05) is 21.3 Å². The molecule has 0 spiro atoms. The molecule has 0 amide bonds. The van der Waals surface area contributed by atoms with E-state index in [1.165, 1.54) is 23.5 Å². The first-order chi connectivity index (χ1) is 11.6. The molecule has 3 aromatic heterocycles. The van der Waals surface area contributed by atoms with E-state index < -0.39 is 11.6 Å². The van der Waals surface area contributed by atoms with Crippen molar-refractivity contribution in [1.29, 1.82) is 0 Å². The molecule has 4 rings (SSSR count). The van der Waals surface area contributed by atoms with Crippen LogP contribution in [0.3, 0.4) is 0 Å². The Bertz CT molecular complexity index is 1020. The van der Waals surface area contributed by atoms with Gasteiger partial charge in [0.1, 0.15) is 11.4 Å². The van der Waals surface area contributed by atoms with Crippen molar-refractivity contribution in [1.82, 2.24) is 19.4 Å². The van der Waals surface area contributed by atoms with Crippen LogP contribution < -0.4 is 5.32 Å². The summed E-state index contributed by atoms with van der Waals surface area (Å²) in [5.74, 6) is -0.755. The maximum absolute atomic E-state index is 13.9. The Balaban J connectivity index is 1.69. The molecule has 1 N–H and O–H groups in total. The topological polar surface area (TPSA) is 55.1 Å². The first-order valence-corrected chi connectivity index (χ1v) is 8.73. The quantitative estimate of drug-likeness (QED) is 0.463. The van der Waals surface area contributed by atoms with Gasteiger partial charge in [-0.3, -0.25) is 4.40 Å². The van der Waals surface area contributed by atoms with Crippen molar-refractivity contribution in [2.45, 2.75) is 0 Å². The molecule has 120 valence electrons. The van der Waals surface area contributed by atoms with E-state index in [4.69, 9.17) is 0 Å². The first-order valence-electron chi connectivity index (χ1n) is 6.77. The molecule has 0 aliphatic rings. The number of anilines is 2. The summed E-state index contributed by atoms with van der Waals surface area (Å²) in [6.45, 7) is 0. The van der Waals surface area contributed by atoms with Crippen molar-refractivity contribution in [2.24, 2.45) is 0 Å². The normalized spacial score (nSPS) is 11.1. The van der Waals surface area contributed by atoms with E-state index in [1.54, 1.807) is 28.2 Å². The summed E-state index contributed by atoms with van der Waals surface area (Å²) in [7, 11) is 0. The second-order valence-corrected chi connectivity index (χ2v) is 6.94. The van der Waals surface area contributed by atoms with E-state index in [-0.39, 0.29) is 5.69 Å². The minimum atomic E-state index is -0.657. The highest BCUT2D eigenvalue weighted by molar-refractivity contribution is 14.1. The van der Waals surface area contributed by atoms with Gasteiger partial charge in [0.05, 0.1) is 11.9 Å². The molecule has 0 radical (unpaired) electrons. The third-order valence-electron chi connectivity index (χ3n) is 3.29. The van der Waals surface area contributed by atoms with Crippen LogP contribution in [-0.2, 0) is 0 Å². The first kappa shape index (κ1) is 15.4. The van der Waals surface area contributed by atoms with E-state index in [0.717, 1.165) is 5.69 Å². The lowest BCUT2D eigenvalue weighted by Gasteiger charge is -2.06. The number of fused-ring (bicyclic) bond motifs is 1. The van der Waals surface area contributed by atoms with Gasteiger partial charge >= 0.3 is 0 Å². The molecule has 4 aromatic rings. The summed E-state index contributed by atoms with van der Waals surface area (Å²) in [4.78, 5) is 12.7. The molecular formula is C15H8F2IN5S. The Kier molecular flexibility index (Phi) is 3.88. The number of nitrogens with one attached hydrogen (secondary N) is 1. The zero-order valence-electron chi connectivity index (χ0n) is 11.9. The van der Waals surface area contributed by atoms with Gasteiger partial charge in [-0.15, -0.1) is 11.3 Å². The average Bonchev–Trinajstić information content (AvgIpc) is 3.17. The minimum absolute atomic E-state index is 0.212. The number of aromatic nitrogens is 4. The minimum Gasteiger partial charge on any atom is -0.327 e. The Morgan fingerprint density at radius 3 is 2.75 bits per heavy atom. The largest absolute Gasteiger partial charge is 0.327 e. The van der Waals surface area contributed by atoms with Gasteiger partial charge in [0.2, 0.25) is 5.78 Å². The van der Waals surface area contributed by atoms with Crippen LogP contribution in [-0.4, -0.2) is 19.4 Å². The third-order valence-corrected chi connectivity index (χ3v) is 4.67. The van der Waals surface area contributed by atoms with Crippen molar-refractivity contribution in [2.75, 3.05) is 5.32 Å². The predicted octanol–water partition coefficient (Wildman–Crippen LogP) is 4.48. The van der Waals surface area contributed by atoms with Crippen molar-refractivity contribution >= 4 is 50.5 Å². The molecule has 3 heterocycles. The molecule has 5 nitrogen and oxygen atoms in total. The van der Waals surface area contributed by atoms with Crippen LogP contribution >= 0.6 is 33.9 Å². The van der Waals surface area contributed by atoms with E-state index in [9.17, 15) is 8.78 Å². The molecule has 1 aromatic carbocycles. The summed E-state index contributed by atoms with van der Waals surface area (Å²) in [6.07, 6.45) is 5.14. The third kappa shape index (κ3) is 2.73. The van der Waals surface area contributed by atoms with Crippen molar-refractivity contribution in [3.8, 4) is 11.4 Å². The number of hydrogen-bond donors (Lipinski definition) is 1. The van der Waals surface area contributed by atoms with Crippen molar-refractivity contribution < 1.29 is 8.78 Å². The van der Waals surface area contributed by atoms with Gasteiger partial charge in [-0.2, -0.15) is 0 Å². The highest BCUT2D eigenvalue weighted by atomic mass is 127. The predicted molar refractivity (Wildman–Crippen MR) is 96.5 cm³/mol. The van der Waals surface area contributed by atoms with Crippen LogP contribution in [0.25, 0.3) is 17.2 Å². The molecule has 9 heteroatoms. The van der Waals surface area contributed by atoms with E-state index in [0.29, 0.717) is 20.2 Å². The Labute approximate surface area is 152 Å². The fraction of sp³-hybridized carbons (Fsp3) is 0. The van der Waals surface area contributed by atoms with E-state index >= 15 is 0 Å². The Morgan fingerprint density at radius 1 is 1.17 bits per heavy atom. The van der Waals surface area contributed by atoms with E-state index in [2.05, 4.69) is 20.3 Å². The summed E-state index contributed by atoms with van der Waals surface area (Å²) in [5.41, 5.74) is 1.19. The van der Waals surface area contributed by atoms with Crippen LogP contribution in [0.4, 0.5) is 19.6 Å². The maximum Gasteiger partial charge on any atom is 0.234 e. The fourth-order valence-electron chi connectivity index (χ4n) is 2.23. The number of imidazole rings is 1. The van der Waals surface area contributed by atoms with Gasteiger partial charge < -0.3 is 5.32 Å². The van der Waals surface area contributed by atoms with Gasteiger partial charge in [-0.1, -0.05) is 0 Å². The number of hydrogen-bond acceptors (Lipinski definition) is 5. The summed E-state index contributed by atoms with van der Waals surface area (Å²) >= 11 is 3.12. The van der Waals surface area contributed by atoms with Crippen molar-refractivity contribution in [3.63, 3.8) is 0 Å². The standard InChI is InChI=1S/C15H8F2IN5S/c16-9-4-8(18)5-10(17)13(9)22-15-21-11(7-24-15)12-6-20-14-19-2-1-3-23(12)14/h1-7H,(H,21,22). The van der Waals surface area contributed by atoms with Gasteiger partial charge in [-0.05, 0) is 40.8 Å². The molecular weight excluding hydrogens is 447 g/mol. The number of halogens is 3.